The fourth-order valence-corrected chi connectivity index (χ4v) is 4.15. The number of phenolic OH excluding ortho intramolecular Hbond substituents is 1. The van der Waals surface area contributed by atoms with Gasteiger partial charge in [0.25, 0.3) is 0 Å². The van der Waals surface area contributed by atoms with Gasteiger partial charge in [0.05, 0.1) is 11.4 Å². The molecule has 0 bridgehead atoms. The maximum absolute atomic E-state index is 11.1. The summed E-state index contributed by atoms with van der Waals surface area (Å²) in [7, 11) is 0. The lowest BCUT2D eigenvalue weighted by molar-refractivity contribution is 0.447. The van der Waals surface area contributed by atoms with Gasteiger partial charge in [-0.2, -0.15) is 0 Å². The van der Waals surface area contributed by atoms with Crippen LogP contribution in [0.5, 0.6) is 5.75 Å². The van der Waals surface area contributed by atoms with E-state index in [0.717, 1.165) is 28.3 Å². The van der Waals surface area contributed by atoms with E-state index in [1.807, 2.05) is 13.8 Å². The van der Waals surface area contributed by atoms with Gasteiger partial charge in [0, 0.05) is 17.0 Å². The topological polar surface area (TPSA) is 44.6 Å². The van der Waals surface area contributed by atoms with Gasteiger partial charge >= 0.3 is 0 Å². The monoisotopic (exact) mass is 462 g/mol. The summed E-state index contributed by atoms with van der Waals surface area (Å²) in [4.78, 5) is 5.06. The highest BCUT2D eigenvalue weighted by atomic mass is 16.3. The quantitative estimate of drug-likeness (QED) is 0.332. The molecule has 0 heterocycles. The third kappa shape index (κ3) is 6.74. The molecule has 3 nitrogen and oxygen atoms in total. The highest BCUT2D eigenvalue weighted by Gasteiger charge is 2.25. The number of para-hydroxylation sites is 1. The second-order valence-corrected chi connectivity index (χ2v) is 12.2. The Balaban J connectivity index is 2.51. The number of nitrogens with one attached hydrogen (secondary N) is 1. The Bertz CT molecular complexity index is 1050. The molecular weight excluding hydrogens is 416 g/mol. The maximum Gasteiger partial charge on any atom is 0.142 e. The second-order valence-electron chi connectivity index (χ2n) is 12.2. The molecule has 0 fully saturated rings. The van der Waals surface area contributed by atoms with Crippen LogP contribution < -0.4 is 5.32 Å². The lowest BCUT2D eigenvalue weighted by Crippen LogP contribution is -2.17. The Morgan fingerprint density at radius 2 is 1.41 bits per heavy atom. The van der Waals surface area contributed by atoms with Gasteiger partial charge in [-0.05, 0) is 65.3 Å². The summed E-state index contributed by atoms with van der Waals surface area (Å²) in [5.41, 5.74) is 8.21. The van der Waals surface area contributed by atoms with E-state index in [4.69, 9.17) is 4.99 Å². The van der Waals surface area contributed by atoms with Crippen molar-refractivity contribution in [2.45, 2.75) is 106 Å². The smallest absolute Gasteiger partial charge is 0.142 e. The van der Waals surface area contributed by atoms with Gasteiger partial charge in [0.2, 0.25) is 0 Å². The minimum Gasteiger partial charge on any atom is -0.505 e. The number of aliphatic imine (C=N–C) groups is 1. The van der Waals surface area contributed by atoms with E-state index in [2.05, 4.69) is 111 Å². The molecule has 2 rings (SSSR count). The molecule has 0 atom stereocenters. The number of hydrogen-bond donors (Lipinski definition) is 2. The standard InChI is InChI=1S/C31H46N2O/c1-19(2)24-14-13-15-25(20(3)4)28(24)33-22(6)16-21(5)32-27-18-23(30(7,8)9)17-26(29(27)34)31(10,11)12/h13-20,32,34H,1-12H3. The zero-order chi connectivity index (χ0) is 26.0. The summed E-state index contributed by atoms with van der Waals surface area (Å²) in [5, 5.41) is 14.6. The number of benzene rings is 2. The van der Waals surface area contributed by atoms with Crippen molar-refractivity contribution in [3.63, 3.8) is 0 Å². The molecule has 34 heavy (non-hydrogen) atoms. The summed E-state index contributed by atoms with van der Waals surface area (Å²) < 4.78 is 0. The molecule has 0 radical (unpaired) electrons. The van der Waals surface area contributed by atoms with Crippen molar-refractivity contribution in [1.29, 1.82) is 0 Å². The zero-order valence-corrected chi connectivity index (χ0v) is 23.5. The Hall–Kier alpha value is -2.55. The van der Waals surface area contributed by atoms with Crippen LogP contribution >= 0.6 is 0 Å². The largest absolute Gasteiger partial charge is 0.505 e. The van der Waals surface area contributed by atoms with Gasteiger partial charge in [-0.15, -0.1) is 0 Å². The van der Waals surface area contributed by atoms with Crippen LogP contribution in [0.1, 0.15) is 117 Å². The molecule has 0 saturated carbocycles. The Labute approximate surface area is 208 Å². The maximum atomic E-state index is 11.1. The predicted molar refractivity (Wildman–Crippen MR) is 150 cm³/mol. The molecule has 0 aliphatic rings. The summed E-state index contributed by atoms with van der Waals surface area (Å²) in [6.45, 7) is 25.9. The highest BCUT2D eigenvalue weighted by Crippen LogP contribution is 2.41. The Morgan fingerprint density at radius 1 is 0.882 bits per heavy atom. The molecule has 186 valence electrons. The number of aromatic hydroxyl groups is 1. The van der Waals surface area contributed by atoms with Crippen LogP contribution in [-0.4, -0.2) is 10.8 Å². The van der Waals surface area contributed by atoms with Crippen molar-refractivity contribution >= 4 is 17.1 Å². The van der Waals surface area contributed by atoms with Gasteiger partial charge in [0.1, 0.15) is 5.75 Å². The van der Waals surface area contributed by atoms with Gasteiger partial charge < -0.3 is 10.4 Å². The van der Waals surface area contributed by atoms with Crippen LogP contribution in [0.3, 0.4) is 0 Å². The predicted octanol–water partition coefficient (Wildman–Crippen LogP) is 9.34. The zero-order valence-electron chi connectivity index (χ0n) is 23.5. The van der Waals surface area contributed by atoms with Gasteiger partial charge in [-0.1, -0.05) is 93.5 Å². The fourth-order valence-electron chi connectivity index (χ4n) is 4.15. The molecule has 2 N–H and O–H groups in total. The number of anilines is 1. The van der Waals surface area contributed by atoms with E-state index >= 15 is 0 Å². The SMILES string of the molecule is CC(=CC(C)=Nc1c(C(C)C)cccc1C(C)C)Nc1cc(C(C)(C)C)cc(C(C)(C)C)c1O. The van der Waals surface area contributed by atoms with E-state index in [1.165, 1.54) is 16.7 Å². The van der Waals surface area contributed by atoms with Crippen molar-refractivity contribution in [2.75, 3.05) is 5.32 Å². The molecular formula is C31H46N2O. The van der Waals surface area contributed by atoms with Gasteiger partial charge in [0.15, 0.2) is 0 Å². The van der Waals surface area contributed by atoms with Crippen molar-refractivity contribution < 1.29 is 5.11 Å². The summed E-state index contributed by atoms with van der Waals surface area (Å²) in [6.07, 6.45) is 2.06. The molecule has 0 unspecified atom stereocenters. The normalized spacial score (nSPS) is 13.7. The number of allylic oxidation sites excluding steroid dienone is 2. The average Bonchev–Trinajstić information content (AvgIpc) is 2.67. The first kappa shape index (κ1) is 27.7. The molecule has 0 amide bonds. The summed E-state index contributed by atoms with van der Waals surface area (Å²) in [6, 6.07) is 10.7. The van der Waals surface area contributed by atoms with E-state index in [1.54, 1.807) is 0 Å². The first-order valence-electron chi connectivity index (χ1n) is 12.5. The molecule has 0 spiro atoms. The third-order valence-electron chi connectivity index (χ3n) is 6.17. The minimum atomic E-state index is -0.162. The second kappa shape index (κ2) is 10.4. The van der Waals surface area contributed by atoms with Crippen LogP contribution in [0.4, 0.5) is 11.4 Å². The number of nitrogens with zero attached hydrogens (tertiary/aromatic N) is 1. The minimum absolute atomic E-state index is 0.0209. The van der Waals surface area contributed by atoms with Gasteiger partial charge in [-0.3, -0.25) is 4.99 Å². The number of rotatable bonds is 6. The summed E-state index contributed by atoms with van der Waals surface area (Å²) in [5.74, 6) is 1.12. The van der Waals surface area contributed by atoms with Crippen LogP contribution in [-0.2, 0) is 10.8 Å². The van der Waals surface area contributed by atoms with Crippen LogP contribution in [0.15, 0.2) is 47.1 Å². The lowest BCUT2D eigenvalue weighted by atomic mass is 9.79. The molecule has 0 saturated heterocycles. The number of phenols is 1. The third-order valence-corrected chi connectivity index (χ3v) is 6.17. The lowest BCUT2D eigenvalue weighted by Gasteiger charge is -2.28. The van der Waals surface area contributed by atoms with Crippen molar-refractivity contribution in [2.24, 2.45) is 4.99 Å². The molecule has 2 aromatic carbocycles. The first-order valence-corrected chi connectivity index (χ1v) is 12.5. The number of hydrogen-bond acceptors (Lipinski definition) is 3. The van der Waals surface area contributed by atoms with Crippen LogP contribution in [0, 0.1) is 0 Å². The molecule has 0 aliphatic carbocycles. The van der Waals surface area contributed by atoms with Crippen molar-refractivity contribution in [3.8, 4) is 5.75 Å². The summed E-state index contributed by atoms with van der Waals surface area (Å²) >= 11 is 0. The van der Waals surface area contributed by atoms with Crippen LogP contribution in [0.25, 0.3) is 0 Å². The van der Waals surface area contributed by atoms with E-state index in [9.17, 15) is 5.11 Å². The van der Waals surface area contributed by atoms with E-state index in [-0.39, 0.29) is 10.8 Å². The van der Waals surface area contributed by atoms with Crippen LogP contribution in [0.2, 0.25) is 0 Å². The molecule has 2 aromatic rings. The Kier molecular flexibility index (Phi) is 8.45. The van der Waals surface area contributed by atoms with Crippen molar-refractivity contribution in [1.82, 2.24) is 0 Å². The molecule has 0 aromatic heterocycles. The van der Waals surface area contributed by atoms with Crippen molar-refractivity contribution in [3.05, 3.63) is 64.4 Å². The Morgan fingerprint density at radius 3 is 1.85 bits per heavy atom. The van der Waals surface area contributed by atoms with Gasteiger partial charge in [-0.25, -0.2) is 0 Å². The highest BCUT2D eigenvalue weighted by molar-refractivity contribution is 5.96. The van der Waals surface area contributed by atoms with E-state index in [0.29, 0.717) is 17.6 Å². The first-order chi connectivity index (χ1) is 15.5. The molecule has 3 heteroatoms. The molecule has 0 aliphatic heterocycles. The fraction of sp³-hybridized carbons (Fsp3) is 0.516. The average molecular weight is 463 g/mol. The van der Waals surface area contributed by atoms with E-state index < -0.39 is 0 Å².